The number of hydrogen-bond donors (Lipinski definition) is 1. The van der Waals surface area contributed by atoms with E-state index in [1.807, 2.05) is 0 Å². The molecule has 1 rings (SSSR count). The Morgan fingerprint density at radius 1 is 1.25 bits per heavy atom. The summed E-state index contributed by atoms with van der Waals surface area (Å²) in [6, 6.07) is 3.33. The second kappa shape index (κ2) is 9.60. The maximum Gasteiger partial charge on any atom is 0.307 e. The molecular formula is C18H25NO5. The fraction of sp³-hybridized carbons (Fsp3) is 0.444. The zero-order valence-corrected chi connectivity index (χ0v) is 14.7. The summed E-state index contributed by atoms with van der Waals surface area (Å²) in [5.74, 6) is 0.416. The monoisotopic (exact) mass is 335 g/mol. The Balaban J connectivity index is 2.81. The van der Waals surface area contributed by atoms with Crippen molar-refractivity contribution >= 4 is 11.9 Å². The Morgan fingerprint density at radius 3 is 2.50 bits per heavy atom. The van der Waals surface area contributed by atoms with Crippen LogP contribution in [0.3, 0.4) is 0 Å². The molecule has 132 valence electrons. The van der Waals surface area contributed by atoms with Crippen molar-refractivity contribution in [3.05, 3.63) is 35.9 Å². The third-order valence-corrected chi connectivity index (χ3v) is 3.16. The highest BCUT2D eigenvalue weighted by molar-refractivity contribution is 5.95. The van der Waals surface area contributed by atoms with E-state index in [1.54, 1.807) is 39.2 Å². The third-order valence-electron chi connectivity index (χ3n) is 3.16. The van der Waals surface area contributed by atoms with E-state index in [0.29, 0.717) is 23.5 Å². The molecule has 0 atom stereocenters. The first kappa shape index (κ1) is 19.5. The van der Waals surface area contributed by atoms with Crippen LogP contribution < -0.4 is 14.8 Å². The minimum atomic E-state index is -0.343. The molecule has 1 N–H and O–H groups in total. The van der Waals surface area contributed by atoms with Crippen LogP contribution in [0.15, 0.2) is 24.8 Å². The molecule has 1 amide bonds. The van der Waals surface area contributed by atoms with Gasteiger partial charge in [-0.05, 0) is 32.4 Å². The first-order chi connectivity index (χ1) is 11.4. The molecule has 0 aliphatic rings. The Labute approximate surface area is 142 Å². The molecular weight excluding hydrogens is 310 g/mol. The van der Waals surface area contributed by atoms with E-state index in [0.717, 1.165) is 5.56 Å². The molecule has 0 fully saturated rings. The van der Waals surface area contributed by atoms with Crippen molar-refractivity contribution in [3.63, 3.8) is 0 Å². The fourth-order valence-corrected chi connectivity index (χ4v) is 2.18. The number of allylic oxidation sites excluding steroid dienone is 1. The van der Waals surface area contributed by atoms with Gasteiger partial charge in [0.25, 0.3) is 5.91 Å². The second-order valence-corrected chi connectivity index (χ2v) is 5.41. The van der Waals surface area contributed by atoms with Gasteiger partial charge in [0.1, 0.15) is 0 Å². The van der Waals surface area contributed by atoms with Crippen molar-refractivity contribution in [1.29, 1.82) is 0 Å². The highest BCUT2D eigenvalue weighted by Crippen LogP contribution is 2.33. The molecule has 0 radical (unpaired) electrons. The zero-order valence-electron chi connectivity index (χ0n) is 14.7. The molecule has 6 heteroatoms. The van der Waals surface area contributed by atoms with Gasteiger partial charge >= 0.3 is 5.97 Å². The highest BCUT2D eigenvalue weighted by atomic mass is 16.5. The topological polar surface area (TPSA) is 73.9 Å². The number of methoxy groups -OCH3 is 2. The van der Waals surface area contributed by atoms with Crippen LogP contribution in [0.1, 0.15) is 36.2 Å². The number of benzene rings is 1. The lowest BCUT2D eigenvalue weighted by Crippen LogP contribution is -2.27. The van der Waals surface area contributed by atoms with Crippen molar-refractivity contribution < 1.29 is 23.8 Å². The van der Waals surface area contributed by atoms with Crippen LogP contribution in [0.25, 0.3) is 0 Å². The fourth-order valence-electron chi connectivity index (χ4n) is 2.18. The summed E-state index contributed by atoms with van der Waals surface area (Å²) in [7, 11) is 3.06. The van der Waals surface area contributed by atoms with Crippen LogP contribution in [0, 0.1) is 0 Å². The van der Waals surface area contributed by atoms with Gasteiger partial charge in [-0.15, -0.1) is 6.58 Å². The van der Waals surface area contributed by atoms with Crippen LogP contribution in [-0.4, -0.2) is 38.7 Å². The Hall–Kier alpha value is -2.50. The quantitative estimate of drug-likeness (QED) is 0.554. The molecule has 0 unspecified atom stereocenters. The van der Waals surface area contributed by atoms with E-state index >= 15 is 0 Å². The lowest BCUT2D eigenvalue weighted by molar-refractivity contribution is -0.147. The number of carbonyl (C=O) groups is 2. The number of rotatable bonds is 9. The number of carbonyl (C=O) groups excluding carboxylic acids is 2. The van der Waals surface area contributed by atoms with Gasteiger partial charge in [0.15, 0.2) is 11.5 Å². The average molecular weight is 335 g/mol. The maximum atomic E-state index is 12.3. The van der Waals surface area contributed by atoms with Crippen molar-refractivity contribution in [2.24, 2.45) is 0 Å². The normalized spacial score (nSPS) is 10.2. The molecule has 0 aromatic heterocycles. The molecule has 0 aliphatic heterocycles. The van der Waals surface area contributed by atoms with Gasteiger partial charge in [-0.3, -0.25) is 9.59 Å². The second-order valence-electron chi connectivity index (χ2n) is 5.41. The van der Waals surface area contributed by atoms with E-state index in [4.69, 9.17) is 14.2 Å². The Morgan fingerprint density at radius 2 is 1.96 bits per heavy atom. The van der Waals surface area contributed by atoms with Gasteiger partial charge in [-0.2, -0.15) is 0 Å². The maximum absolute atomic E-state index is 12.3. The predicted octanol–water partition coefficient (Wildman–Crippen LogP) is 2.50. The molecule has 0 saturated heterocycles. The third kappa shape index (κ3) is 5.61. The van der Waals surface area contributed by atoms with Crippen molar-refractivity contribution in [2.75, 3.05) is 20.8 Å². The van der Waals surface area contributed by atoms with Crippen LogP contribution in [0.2, 0.25) is 0 Å². The summed E-state index contributed by atoms with van der Waals surface area (Å²) in [5.41, 5.74) is 1.23. The van der Waals surface area contributed by atoms with E-state index in [2.05, 4.69) is 11.9 Å². The molecule has 1 aromatic rings. The lowest BCUT2D eigenvalue weighted by atomic mass is 10.0. The van der Waals surface area contributed by atoms with Crippen molar-refractivity contribution in [1.82, 2.24) is 5.32 Å². The number of hydrogen-bond acceptors (Lipinski definition) is 5. The molecule has 24 heavy (non-hydrogen) atoms. The lowest BCUT2D eigenvalue weighted by Gasteiger charge is -2.14. The Bertz CT molecular complexity index is 595. The number of nitrogens with one attached hydrogen (secondary N) is 1. The summed E-state index contributed by atoms with van der Waals surface area (Å²) in [6.45, 7) is 7.47. The summed E-state index contributed by atoms with van der Waals surface area (Å²) in [4.78, 5) is 23.8. The summed E-state index contributed by atoms with van der Waals surface area (Å²) >= 11 is 0. The molecule has 0 saturated carbocycles. The average Bonchev–Trinajstić information content (AvgIpc) is 2.53. The van der Waals surface area contributed by atoms with Gasteiger partial charge in [0, 0.05) is 17.7 Å². The molecule has 0 bridgehead atoms. The number of esters is 1. The first-order valence-corrected chi connectivity index (χ1v) is 7.76. The van der Waals surface area contributed by atoms with Gasteiger partial charge in [0.05, 0.1) is 26.7 Å². The van der Waals surface area contributed by atoms with Gasteiger partial charge in [0.2, 0.25) is 0 Å². The predicted molar refractivity (Wildman–Crippen MR) is 91.6 cm³/mol. The molecule has 0 spiro atoms. The standard InChI is InChI=1S/C18H25NO5/c1-6-7-13-10-14(11-15(22-4)17(13)23-5)18(21)19-9-8-16(20)24-12(2)3/h6,10-12H,1,7-9H2,2-5H3,(H,19,21). The SMILES string of the molecule is C=CCc1cc(C(=O)NCCC(=O)OC(C)C)cc(OC)c1OC. The largest absolute Gasteiger partial charge is 0.493 e. The van der Waals surface area contributed by atoms with E-state index in [9.17, 15) is 9.59 Å². The van der Waals surface area contributed by atoms with E-state index < -0.39 is 0 Å². The van der Waals surface area contributed by atoms with E-state index in [1.165, 1.54) is 7.11 Å². The van der Waals surface area contributed by atoms with Gasteiger partial charge in [-0.25, -0.2) is 0 Å². The molecule has 6 nitrogen and oxygen atoms in total. The van der Waals surface area contributed by atoms with Gasteiger partial charge in [-0.1, -0.05) is 6.08 Å². The van der Waals surface area contributed by atoms with Crippen molar-refractivity contribution in [3.8, 4) is 11.5 Å². The van der Waals surface area contributed by atoms with E-state index in [-0.39, 0.29) is 30.9 Å². The highest BCUT2D eigenvalue weighted by Gasteiger charge is 2.16. The van der Waals surface area contributed by atoms with Crippen LogP contribution >= 0.6 is 0 Å². The van der Waals surface area contributed by atoms with Crippen LogP contribution in [-0.2, 0) is 16.0 Å². The smallest absolute Gasteiger partial charge is 0.307 e. The van der Waals surface area contributed by atoms with Crippen LogP contribution in [0.4, 0.5) is 0 Å². The molecule has 0 aliphatic carbocycles. The Kier molecular flexibility index (Phi) is 7.82. The summed E-state index contributed by atoms with van der Waals surface area (Å²) in [5, 5.41) is 2.70. The van der Waals surface area contributed by atoms with Crippen LogP contribution in [0.5, 0.6) is 11.5 Å². The zero-order chi connectivity index (χ0) is 18.1. The minimum absolute atomic E-state index is 0.122. The number of ether oxygens (including phenoxy) is 3. The first-order valence-electron chi connectivity index (χ1n) is 7.76. The minimum Gasteiger partial charge on any atom is -0.493 e. The molecule has 1 aromatic carbocycles. The summed E-state index contributed by atoms with van der Waals surface area (Å²) in [6.07, 6.45) is 2.22. The summed E-state index contributed by atoms with van der Waals surface area (Å²) < 4.78 is 15.6. The van der Waals surface area contributed by atoms with Gasteiger partial charge < -0.3 is 19.5 Å². The number of amides is 1. The molecule has 0 heterocycles. The van der Waals surface area contributed by atoms with Crippen molar-refractivity contribution in [2.45, 2.75) is 32.8 Å².